The van der Waals surface area contributed by atoms with Gasteiger partial charge in [0.05, 0.1) is 11.7 Å². The van der Waals surface area contributed by atoms with Crippen molar-refractivity contribution >= 4 is 5.91 Å². The number of aliphatic hydroxyl groups excluding tert-OH is 1. The van der Waals surface area contributed by atoms with E-state index in [-0.39, 0.29) is 12.1 Å². The number of hydrogen-bond acceptors (Lipinski definition) is 3. The number of phenols is 1. The molecule has 0 bridgehead atoms. The number of benzene rings is 2. The lowest BCUT2D eigenvalue weighted by Crippen LogP contribution is -2.28. The van der Waals surface area contributed by atoms with Crippen LogP contribution in [0.3, 0.4) is 0 Å². The Balaban J connectivity index is 2.02. The summed E-state index contributed by atoms with van der Waals surface area (Å²) in [5.74, 6) is -1.62. The minimum absolute atomic E-state index is 0.000499. The van der Waals surface area contributed by atoms with Crippen LogP contribution in [0.25, 0.3) is 0 Å². The molecule has 110 valence electrons. The average Bonchev–Trinajstić information content (AvgIpc) is 2.45. The van der Waals surface area contributed by atoms with Gasteiger partial charge in [-0.2, -0.15) is 0 Å². The van der Waals surface area contributed by atoms with Crippen molar-refractivity contribution in [2.24, 2.45) is 0 Å². The predicted molar refractivity (Wildman–Crippen MR) is 76.5 cm³/mol. The molecule has 2 aromatic rings. The second-order valence-electron chi connectivity index (χ2n) is 4.74. The van der Waals surface area contributed by atoms with Crippen molar-refractivity contribution in [2.45, 2.75) is 13.0 Å². The minimum Gasteiger partial charge on any atom is -0.507 e. The first-order valence-electron chi connectivity index (χ1n) is 6.49. The molecule has 0 radical (unpaired) electrons. The Labute approximate surface area is 121 Å². The van der Waals surface area contributed by atoms with Crippen molar-refractivity contribution in [3.63, 3.8) is 0 Å². The van der Waals surface area contributed by atoms with Gasteiger partial charge in [0.25, 0.3) is 5.91 Å². The molecule has 0 aromatic heterocycles. The Bertz CT molecular complexity index is 658. The topological polar surface area (TPSA) is 69.6 Å². The standard InChI is InChI=1S/C16H16FNO3/c1-10-4-2-3-5-12(10)15(20)9-18-16(21)13-7-6-11(17)8-14(13)19/h2-8,15,19-20H,9H2,1H3,(H,18,21). The fourth-order valence-electron chi connectivity index (χ4n) is 2.05. The summed E-state index contributed by atoms with van der Waals surface area (Å²) in [6.07, 6.45) is -0.849. The number of hydrogen-bond donors (Lipinski definition) is 3. The van der Waals surface area contributed by atoms with Gasteiger partial charge in [0, 0.05) is 12.6 Å². The molecule has 5 heteroatoms. The molecule has 0 heterocycles. The van der Waals surface area contributed by atoms with Crippen LogP contribution in [0, 0.1) is 12.7 Å². The van der Waals surface area contributed by atoms with Crippen molar-refractivity contribution in [1.82, 2.24) is 5.32 Å². The molecule has 2 aromatic carbocycles. The van der Waals surface area contributed by atoms with Crippen LogP contribution in [0.15, 0.2) is 42.5 Å². The molecule has 0 aliphatic rings. The van der Waals surface area contributed by atoms with Crippen molar-refractivity contribution in [1.29, 1.82) is 0 Å². The molecule has 0 saturated carbocycles. The zero-order valence-corrected chi connectivity index (χ0v) is 11.5. The molecule has 0 aliphatic carbocycles. The maximum absolute atomic E-state index is 12.9. The average molecular weight is 289 g/mol. The Morgan fingerprint density at radius 3 is 2.67 bits per heavy atom. The Morgan fingerprint density at radius 2 is 2.00 bits per heavy atom. The van der Waals surface area contributed by atoms with E-state index in [2.05, 4.69) is 5.32 Å². The monoisotopic (exact) mass is 289 g/mol. The summed E-state index contributed by atoms with van der Waals surface area (Å²) in [6, 6.07) is 10.5. The number of amides is 1. The van der Waals surface area contributed by atoms with E-state index in [9.17, 15) is 19.4 Å². The van der Waals surface area contributed by atoms with E-state index >= 15 is 0 Å². The first-order valence-corrected chi connectivity index (χ1v) is 6.49. The van der Waals surface area contributed by atoms with Crippen LogP contribution in [0.2, 0.25) is 0 Å². The third-order valence-electron chi connectivity index (χ3n) is 3.21. The largest absolute Gasteiger partial charge is 0.507 e. The molecule has 0 fully saturated rings. The van der Waals surface area contributed by atoms with Crippen LogP contribution < -0.4 is 5.32 Å². The number of rotatable bonds is 4. The van der Waals surface area contributed by atoms with Crippen molar-refractivity contribution in [2.75, 3.05) is 6.54 Å². The van der Waals surface area contributed by atoms with Crippen LogP contribution >= 0.6 is 0 Å². The fraction of sp³-hybridized carbons (Fsp3) is 0.188. The van der Waals surface area contributed by atoms with Crippen LogP contribution in [0.4, 0.5) is 4.39 Å². The lowest BCUT2D eigenvalue weighted by Gasteiger charge is -2.14. The van der Waals surface area contributed by atoms with E-state index in [1.54, 1.807) is 12.1 Å². The van der Waals surface area contributed by atoms with Crippen LogP contribution in [0.1, 0.15) is 27.6 Å². The summed E-state index contributed by atoms with van der Waals surface area (Å²) in [7, 11) is 0. The number of phenolic OH excluding ortho intramolecular Hbond substituents is 1. The molecule has 21 heavy (non-hydrogen) atoms. The minimum atomic E-state index is -0.849. The highest BCUT2D eigenvalue weighted by molar-refractivity contribution is 5.96. The smallest absolute Gasteiger partial charge is 0.255 e. The molecular weight excluding hydrogens is 273 g/mol. The second-order valence-corrected chi connectivity index (χ2v) is 4.74. The summed E-state index contributed by atoms with van der Waals surface area (Å²) in [5.41, 5.74) is 1.61. The van der Waals surface area contributed by atoms with E-state index in [1.165, 1.54) is 6.07 Å². The normalized spacial score (nSPS) is 12.0. The van der Waals surface area contributed by atoms with Crippen LogP contribution in [-0.4, -0.2) is 22.7 Å². The fourth-order valence-corrected chi connectivity index (χ4v) is 2.05. The lowest BCUT2D eigenvalue weighted by molar-refractivity contribution is 0.0913. The Kier molecular flexibility index (Phi) is 4.55. The van der Waals surface area contributed by atoms with Gasteiger partial charge in [-0.3, -0.25) is 4.79 Å². The van der Waals surface area contributed by atoms with Crippen molar-refractivity contribution < 1.29 is 19.4 Å². The molecule has 1 atom stereocenters. The molecule has 4 nitrogen and oxygen atoms in total. The quantitative estimate of drug-likeness (QED) is 0.809. The Hall–Kier alpha value is -2.40. The number of aliphatic hydroxyl groups is 1. The SMILES string of the molecule is Cc1ccccc1C(O)CNC(=O)c1ccc(F)cc1O. The van der Waals surface area contributed by atoms with Gasteiger partial charge in [0.15, 0.2) is 0 Å². The van der Waals surface area contributed by atoms with Gasteiger partial charge in [0.1, 0.15) is 11.6 Å². The number of carbonyl (C=O) groups excluding carboxylic acids is 1. The number of aromatic hydroxyl groups is 1. The first-order chi connectivity index (χ1) is 9.99. The highest BCUT2D eigenvalue weighted by Gasteiger charge is 2.15. The number of halogens is 1. The summed E-state index contributed by atoms with van der Waals surface area (Å²) >= 11 is 0. The number of carbonyl (C=O) groups is 1. The molecular formula is C16H16FNO3. The number of aryl methyl sites for hydroxylation is 1. The summed E-state index contributed by atoms with van der Waals surface area (Å²) in [6.45, 7) is 1.87. The third kappa shape index (κ3) is 3.58. The lowest BCUT2D eigenvalue weighted by atomic mass is 10.0. The molecule has 2 rings (SSSR count). The molecule has 0 saturated heterocycles. The zero-order valence-electron chi connectivity index (χ0n) is 11.5. The van der Waals surface area contributed by atoms with E-state index in [4.69, 9.17) is 0 Å². The van der Waals surface area contributed by atoms with Crippen LogP contribution in [-0.2, 0) is 0 Å². The summed E-state index contributed by atoms with van der Waals surface area (Å²) < 4.78 is 12.9. The van der Waals surface area contributed by atoms with Gasteiger partial charge in [-0.15, -0.1) is 0 Å². The van der Waals surface area contributed by atoms with E-state index in [0.717, 1.165) is 23.3 Å². The highest BCUT2D eigenvalue weighted by atomic mass is 19.1. The van der Waals surface area contributed by atoms with Gasteiger partial charge in [-0.05, 0) is 30.2 Å². The van der Waals surface area contributed by atoms with Gasteiger partial charge in [0.2, 0.25) is 0 Å². The van der Waals surface area contributed by atoms with Gasteiger partial charge < -0.3 is 15.5 Å². The van der Waals surface area contributed by atoms with Gasteiger partial charge in [-0.25, -0.2) is 4.39 Å². The highest BCUT2D eigenvalue weighted by Crippen LogP contribution is 2.19. The van der Waals surface area contributed by atoms with Crippen LogP contribution in [0.5, 0.6) is 5.75 Å². The summed E-state index contributed by atoms with van der Waals surface area (Å²) in [5, 5.41) is 22.1. The second kappa shape index (κ2) is 6.37. The third-order valence-corrected chi connectivity index (χ3v) is 3.21. The van der Waals surface area contributed by atoms with Gasteiger partial charge >= 0.3 is 0 Å². The molecule has 0 aliphatic heterocycles. The molecule has 1 amide bonds. The van der Waals surface area contributed by atoms with E-state index in [1.807, 2.05) is 19.1 Å². The summed E-state index contributed by atoms with van der Waals surface area (Å²) in [4.78, 5) is 11.9. The number of nitrogens with one attached hydrogen (secondary N) is 1. The molecule has 0 spiro atoms. The maximum Gasteiger partial charge on any atom is 0.255 e. The predicted octanol–water partition coefficient (Wildman–Crippen LogP) is 2.30. The maximum atomic E-state index is 12.9. The zero-order chi connectivity index (χ0) is 15.4. The van der Waals surface area contributed by atoms with E-state index < -0.39 is 23.6 Å². The first kappa shape index (κ1) is 15.0. The Morgan fingerprint density at radius 1 is 1.29 bits per heavy atom. The van der Waals surface area contributed by atoms with Crippen molar-refractivity contribution in [3.8, 4) is 5.75 Å². The van der Waals surface area contributed by atoms with E-state index in [0.29, 0.717) is 0 Å². The molecule has 3 N–H and O–H groups in total. The van der Waals surface area contributed by atoms with Gasteiger partial charge in [-0.1, -0.05) is 24.3 Å². The molecule has 1 unspecified atom stereocenters. The van der Waals surface area contributed by atoms with Crippen molar-refractivity contribution in [3.05, 3.63) is 65.0 Å².